The molecule has 0 spiro atoms. The second kappa shape index (κ2) is 12.3. The molecule has 2 aromatic rings. The second-order valence-corrected chi connectivity index (χ2v) is 10.2. The van der Waals surface area contributed by atoms with Gasteiger partial charge in [0, 0.05) is 5.56 Å². The van der Waals surface area contributed by atoms with Crippen LogP contribution in [0.4, 0.5) is 13.2 Å². The fourth-order valence-electron chi connectivity index (χ4n) is 5.99. The number of allylic oxidation sites excluding steroid dienone is 2. The minimum atomic E-state index is -0.848. The van der Waals surface area contributed by atoms with Crippen molar-refractivity contribution in [1.29, 1.82) is 0 Å². The van der Waals surface area contributed by atoms with Crippen molar-refractivity contribution in [2.45, 2.75) is 64.2 Å². The van der Waals surface area contributed by atoms with Gasteiger partial charge in [0.05, 0.1) is 5.56 Å². The summed E-state index contributed by atoms with van der Waals surface area (Å²) in [6, 6.07) is 7.44. The SMILES string of the molecule is C=CCOc1c(F)cc(C#Cc2ccc(C3CCC4CC(CC/C=C/C)CCC4C3)cc2F)cc1F. The van der Waals surface area contributed by atoms with E-state index in [0.717, 1.165) is 48.3 Å². The summed E-state index contributed by atoms with van der Waals surface area (Å²) in [4.78, 5) is 0. The van der Waals surface area contributed by atoms with Gasteiger partial charge in [-0.3, -0.25) is 0 Å². The molecule has 4 heteroatoms. The van der Waals surface area contributed by atoms with Crippen LogP contribution in [0, 0.1) is 47.0 Å². The highest BCUT2D eigenvalue weighted by Crippen LogP contribution is 2.48. The van der Waals surface area contributed by atoms with Crippen molar-refractivity contribution in [2.75, 3.05) is 6.61 Å². The first kappa shape index (κ1) is 26.1. The molecule has 4 atom stereocenters. The maximum atomic E-state index is 14.9. The third-order valence-corrected chi connectivity index (χ3v) is 7.85. The van der Waals surface area contributed by atoms with E-state index in [0.29, 0.717) is 5.92 Å². The summed E-state index contributed by atoms with van der Waals surface area (Å²) >= 11 is 0. The smallest absolute Gasteiger partial charge is 0.191 e. The number of hydrogen-bond acceptors (Lipinski definition) is 1. The van der Waals surface area contributed by atoms with Crippen LogP contribution in [0.3, 0.4) is 0 Å². The van der Waals surface area contributed by atoms with Crippen LogP contribution < -0.4 is 4.74 Å². The Kier molecular flexibility index (Phi) is 8.97. The zero-order valence-electron chi connectivity index (χ0n) is 21.0. The van der Waals surface area contributed by atoms with Gasteiger partial charge in [-0.1, -0.05) is 49.1 Å². The molecule has 2 fully saturated rings. The van der Waals surface area contributed by atoms with Gasteiger partial charge in [-0.2, -0.15) is 0 Å². The number of ether oxygens (including phenoxy) is 1. The van der Waals surface area contributed by atoms with Crippen molar-refractivity contribution in [3.8, 4) is 17.6 Å². The zero-order valence-corrected chi connectivity index (χ0v) is 21.0. The van der Waals surface area contributed by atoms with E-state index in [1.54, 1.807) is 12.1 Å². The first-order valence-corrected chi connectivity index (χ1v) is 13.1. The summed E-state index contributed by atoms with van der Waals surface area (Å²) < 4.78 is 48.2. The average Bonchev–Trinajstić information content (AvgIpc) is 2.87. The van der Waals surface area contributed by atoms with Crippen LogP contribution in [-0.2, 0) is 0 Å². The van der Waals surface area contributed by atoms with Crippen LogP contribution in [0.2, 0.25) is 0 Å². The average molecular weight is 493 g/mol. The summed E-state index contributed by atoms with van der Waals surface area (Å²) in [5.74, 6) is 5.65. The van der Waals surface area contributed by atoms with Crippen molar-refractivity contribution < 1.29 is 17.9 Å². The van der Waals surface area contributed by atoms with Crippen LogP contribution in [-0.4, -0.2) is 6.61 Å². The Morgan fingerprint density at radius 1 is 0.944 bits per heavy atom. The number of rotatable bonds is 7. The lowest BCUT2D eigenvalue weighted by atomic mass is 9.63. The van der Waals surface area contributed by atoms with Gasteiger partial charge in [-0.05, 0) is 105 Å². The molecule has 0 N–H and O–H groups in total. The van der Waals surface area contributed by atoms with Crippen LogP contribution in [0.5, 0.6) is 5.75 Å². The van der Waals surface area contributed by atoms with Gasteiger partial charge in [0.15, 0.2) is 17.4 Å². The summed E-state index contributed by atoms with van der Waals surface area (Å²) in [5.41, 5.74) is 1.38. The van der Waals surface area contributed by atoms with E-state index >= 15 is 0 Å². The Hall–Kier alpha value is -2.93. The van der Waals surface area contributed by atoms with Crippen molar-refractivity contribution in [2.24, 2.45) is 17.8 Å². The van der Waals surface area contributed by atoms with E-state index in [4.69, 9.17) is 4.74 Å². The van der Waals surface area contributed by atoms with Crippen molar-refractivity contribution in [3.63, 3.8) is 0 Å². The molecule has 2 aromatic carbocycles. The Morgan fingerprint density at radius 2 is 1.69 bits per heavy atom. The highest BCUT2D eigenvalue weighted by atomic mass is 19.1. The standard InChI is InChI=1S/C32H35F3O/c1-3-5-6-7-22-8-11-26-20-27(15-14-25(26)17-22)28-13-12-24(29(33)21-28)10-9-23-18-30(34)32(31(35)19-23)36-16-4-2/h3-5,12-13,18-19,21-22,25-27H,2,6-8,11,14-17,20H2,1H3/b5-3+. The fourth-order valence-corrected chi connectivity index (χ4v) is 5.99. The summed E-state index contributed by atoms with van der Waals surface area (Å²) in [6.45, 7) is 5.54. The van der Waals surface area contributed by atoms with Gasteiger partial charge in [0.25, 0.3) is 0 Å². The van der Waals surface area contributed by atoms with Crippen molar-refractivity contribution in [1.82, 2.24) is 0 Å². The number of hydrogen-bond donors (Lipinski definition) is 0. The van der Waals surface area contributed by atoms with Crippen molar-refractivity contribution >= 4 is 0 Å². The van der Waals surface area contributed by atoms with Crippen LogP contribution in [0.25, 0.3) is 0 Å². The maximum absolute atomic E-state index is 14.9. The van der Waals surface area contributed by atoms with Gasteiger partial charge >= 0.3 is 0 Å². The normalized spacial score (nSPS) is 23.6. The van der Waals surface area contributed by atoms with Gasteiger partial charge in [0.2, 0.25) is 0 Å². The lowest BCUT2D eigenvalue weighted by Crippen LogP contribution is -2.30. The minimum absolute atomic E-state index is 0.00377. The van der Waals surface area contributed by atoms with Crippen LogP contribution in [0.15, 0.2) is 55.1 Å². The predicted octanol–water partition coefficient (Wildman–Crippen LogP) is 8.72. The lowest BCUT2D eigenvalue weighted by molar-refractivity contribution is 0.115. The number of fused-ring (bicyclic) bond motifs is 1. The Balaban J connectivity index is 1.39. The molecule has 0 radical (unpaired) electrons. The third kappa shape index (κ3) is 6.44. The van der Waals surface area contributed by atoms with Crippen molar-refractivity contribution in [3.05, 3.63) is 89.3 Å². The van der Waals surface area contributed by atoms with Crippen LogP contribution in [0.1, 0.15) is 80.9 Å². The topological polar surface area (TPSA) is 9.23 Å². The number of halogens is 3. The van der Waals surface area contributed by atoms with E-state index < -0.39 is 17.4 Å². The first-order valence-electron chi connectivity index (χ1n) is 13.1. The largest absolute Gasteiger partial charge is 0.483 e. The molecule has 0 amide bonds. The molecule has 4 rings (SSSR count). The van der Waals surface area contributed by atoms with E-state index in [1.807, 2.05) is 6.07 Å². The number of benzene rings is 2. The van der Waals surface area contributed by atoms with E-state index in [2.05, 4.69) is 37.5 Å². The first-order chi connectivity index (χ1) is 17.5. The van der Waals surface area contributed by atoms with Gasteiger partial charge in [-0.15, -0.1) is 0 Å². The molecule has 0 heterocycles. The molecular weight excluding hydrogens is 457 g/mol. The maximum Gasteiger partial charge on any atom is 0.191 e. The molecule has 2 aliphatic rings. The lowest BCUT2D eigenvalue weighted by Gasteiger charge is -2.42. The van der Waals surface area contributed by atoms with Gasteiger partial charge in [0.1, 0.15) is 12.4 Å². The molecule has 0 aliphatic heterocycles. The summed E-state index contributed by atoms with van der Waals surface area (Å²) in [5, 5.41) is 0. The monoisotopic (exact) mass is 492 g/mol. The molecule has 1 nitrogen and oxygen atoms in total. The van der Waals surface area contributed by atoms with E-state index in [1.165, 1.54) is 44.6 Å². The zero-order chi connectivity index (χ0) is 25.5. The Bertz CT molecular complexity index is 1130. The molecule has 190 valence electrons. The molecule has 0 bridgehead atoms. The second-order valence-electron chi connectivity index (χ2n) is 10.2. The minimum Gasteiger partial charge on any atom is -0.483 e. The predicted molar refractivity (Wildman–Crippen MR) is 139 cm³/mol. The molecule has 0 aromatic heterocycles. The van der Waals surface area contributed by atoms with Gasteiger partial charge in [-0.25, -0.2) is 13.2 Å². The highest BCUT2D eigenvalue weighted by Gasteiger charge is 2.35. The summed E-state index contributed by atoms with van der Waals surface area (Å²) in [6.07, 6.45) is 15.7. The van der Waals surface area contributed by atoms with E-state index in [9.17, 15) is 13.2 Å². The van der Waals surface area contributed by atoms with Crippen LogP contribution >= 0.6 is 0 Å². The third-order valence-electron chi connectivity index (χ3n) is 7.85. The highest BCUT2D eigenvalue weighted by molar-refractivity contribution is 5.46. The summed E-state index contributed by atoms with van der Waals surface area (Å²) in [7, 11) is 0. The van der Waals surface area contributed by atoms with Gasteiger partial charge < -0.3 is 4.74 Å². The van der Waals surface area contributed by atoms with E-state index in [-0.39, 0.29) is 23.6 Å². The Labute approximate surface area is 213 Å². The molecule has 0 saturated heterocycles. The molecule has 2 aliphatic carbocycles. The quantitative estimate of drug-likeness (QED) is 0.277. The Morgan fingerprint density at radius 3 is 2.42 bits per heavy atom. The molecule has 2 saturated carbocycles. The molecule has 4 unspecified atom stereocenters. The fraction of sp³-hybridized carbons (Fsp3) is 0.438. The molecular formula is C32H35F3O. The molecule has 36 heavy (non-hydrogen) atoms.